The molecule has 2 heterocycles. The van der Waals surface area contributed by atoms with Gasteiger partial charge >= 0.3 is 0 Å². The Hall–Kier alpha value is -2.60. The second kappa shape index (κ2) is 6.66. The van der Waals surface area contributed by atoms with E-state index in [2.05, 4.69) is 46.1 Å². The summed E-state index contributed by atoms with van der Waals surface area (Å²) in [6.07, 6.45) is 4.06. The molecule has 1 aromatic carbocycles. The first-order valence-corrected chi connectivity index (χ1v) is 7.51. The van der Waals surface area contributed by atoms with Gasteiger partial charge in [-0.3, -0.25) is 4.98 Å². The van der Waals surface area contributed by atoms with Gasteiger partial charge in [0.1, 0.15) is 5.69 Å². The van der Waals surface area contributed by atoms with Crippen molar-refractivity contribution in [3.63, 3.8) is 0 Å². The average Bonchev–Trinajstić information content (AvgIpc) is 3.05. The molecule has 0 amide bonds. The lowest BCUT2D eigenvalue weighted by Crippen LogP contribution is -1.94. The summed E-state index contributed by atoms with van der Waals surface area (Å²) in [6, 6.07) is 8.12. The third kappa shape index (κ3) is 3.60. The zero-order valence-electron chi connectivity index (χ0n) is 13.1. The Bertz CT molecular complexity index is 764. The Balaban J connectivity index is 1.80. The zero-order valence-corrected chi connectivity index (χ0v) is 13.1. The molecule has 0 spiro atoms. The van der Waals surface area contributed by atoms with Gasteiger partial charge in [-0.1, -0.05) is 31.1 Å². The van der Waals surface area contributed by atoms with E-state index in [1.54, 1.807) is 0 Å². The molecule has 0 bridgehead atoms. The lowest BCUT2D eigenvalue weighted by molar-refractivity contribution is 0.276. The molecule has 0 fully saturated rings. The van der Waals surface area contributed by atoms with Crippen LogP contribution in [0.25, 0.3) is 23.0 Å². The van der Waals surface area contributed by atoms with Crippen molar-refractivity contribution in [1.29, 1.82) is 0 Å². The third-order valence-corrected chi connectivity index (χ3v) is 3.37. The van der Waals surface area contributed by atoms with Gasteiger partial charge in [-0.2, -0.15) is 4.98 Å². The Morgan fingerprint density at radius 3 is 2.48 bits per heavy atom. The molecule has 23 heavy (non-hydrogen) atoms. The average molecular weight is 310 g/mol. The van der Waals surface area contributed by atoms with Crippen molar-refractivity contribution in [2.75, 3.05) is 0 Å². The number of benzene rings is 1. The maximum Gasteiger partial charge on any atom is 0.258 e. The van der Waals surface area contributed by atoms with Crippen molar-refractivity contribution in [2.24, 2.45) is 5.92 Å². The molecule has 3 rings (SSSR count). The van der Waals surface area contributed by atoms with Gasteiger partial charge in [0.2, 0.25) is 5.82 Å². The fourth-order valence-electron chi connectivity index (χ4n) is 2.25. The second-order valence-corrected chi connectivity index (χ2v) is 5.77. The van der Waals surface area contributed by atoms with E-state index in [4.69, 9.17) is 9.63 Å². The van der Waals surface area contributed by atoms with Gasteiger partial charge in [0.05, 0.1) is 24.7 Å². The highest BCUT2D eigenvalue weighted by molar-refractivity contribution is 5.57. The first-order chi connectivity index (χ1) is 11.2. The summed E-state index contributed by atoms with van der Waals surface area (Å²) in [5, 5.41) is 12.9. The largest absolute Gasteiger partial charge is 0.390 e. The van der Waals surface area contributed by atoms with Crippen molar-refractivity contribution in [3.8, 4) is 23.0 Å². The molecule has 3 aromatic rings. The molecule has 6 heteroatoms. The molecule has 0 aliphatic carbocycles. The Labute approximate surface area is 134 Å². The summed E-state index contributed by atoms with van der Waals surface area (Å²) in [5.41, 5.74) is 3.16. The highest BCUT2D eigenvalue weighted by Crippen LogP contribution is 2.22. The van der Waals surface area contributed by atoms with Crippen LogP contribution in [0.3, 0.4) is 0 Å². The van der Waals surface area contributed by atoms with E-state index in [9.17, 15) is 0 Å². The molecule has 0 atom stereocenters. The molecule has 0 aliphatic heterocycles. The normalized spacial score (nSPS) is 11.1. The molecular weight excluding hydrogens is 292 g/mol. The van der Waals surface area contributed by atoms with E-state index in [0.717, 1.165) is 12.0 Å². The van der Waals surface area contributed by atoms with Crippen LogP contribution in [0, 0.1) is 5.92 Å². The van der Waals surface area contributed by atoms with E-state index in [1.165, 1.54) is 18.0 Å². The molecule has 118 valence electrons. The quantitative estimate of drug-likeness (QED) is 0.780. The SMILES string of the molecule is CC(C)Cc1ccc(-c2nc(-c3cnc(CO)cn3)no2)cc1. The van der Waals surface area contributed by atoms with Crippen LogP contribution in [-0.2, 0) is 13.0 Å². The van der Waals surface area contributed by atoms with Crippen LogP contribution in [-0.4, -0.2) is 25.2 Å². The summed E-state index contributed by atoms with van der Waals surface area (Å²) in [6.45, 7) is 4.25. The number of hydrogen-bond donors (Lipinski definition) is 1. The third-order valence-electron chi connectivity index (χ3n) is 3.37. The van der Waals surface area contributed by atoms with Crippen molar-refractivity contribution in [3.05, 3.63) is 47.9 Å². The number of aromatic nitrogens is 4. The zero-order chi connectivity index (χ0) is 16.2. The number of nitrogens with zero attached hydrogens (tertiary/aromatic N) is 4. The smallest absolute Gasteiger partial charge is 0.258 e. The van der Waals surface area contributed by atoms with E-state index < -0.39 is 0 Å². The lowest BCUT2D eigenvalue weighted by Gasteiger charge is -2.04. The van der Waals surface area contributed by atoms with Crippen LogP contribution < -0.4 is 0 Å². The molecule has 0 radical (unpaired) electrons. The van der Waals surface area contributed by atoms with Crippen LogP contribution >= 0.6 is 0 Å². The molecule has 1 N–H and O–H groups in total. The van der Waals surface area contributed by atoms with Gasteiger partial charge in [-0.25, -0.2) is 4.98 Å². The molecule has 0 unspecified atom stereocenters. The van der Waals surface area contributed by atoms with Crippen LogP contribution in [0.1, 0.15) is 25.1 Å². The summed E-state index contributed by atoms with van der Waals surface area (Å²) in [4.78, 5) is 12.6. The minimum absolute atomic E-state index is 0.145. The lowest BCUT2D eigenvalue weighted by atomic mass is 10.0. The molecule has 0 saturated heterocycles. The minimum atomic E-state index is -0.145. The van der Waals surface area contributed by atoms with Crippen LogP contribution in [0.4, 0.5) is 0 Å². The van der Waals surface area contributed by atoms with E-state index in [-0.39, 0.29) is 6.61 Å². The van der Waals surface area contributed by atoms with Gasteiger partial charge in [-0.05, 0) is 30.0 Å². The predicted octanol–water partition coefficient (Wildman–Crippen LogP) is 2.88. The highest BCUT2D eigenvalue weighted by Gasteiger charge is 2.12. The van der Waals surface area contributed by atoms with Crippen molar-refractivity contribution in [2.45, 2.75) is 26.9 Å². The summed E-state index contributed by atoms with van der Waals surface area (Å²) >= 11 is 0. The van der Waals surface area contributed by atoms with E-state index in [0.29, 0.717) is 29.0 Å². The fourth-order valence-corrected chi connectivity index (χ4v) is 2.25. The number of aliphatic hydroxyl groups excluding tert-OH is 1. The molecule has 0 aliphatic rings. The molecule has 2 aromatic heterocycles. The van der Waals surface area contributed by atoms with Crippen molar-refractivity contribution < 1.29 is 9.63 Å². The number of rotatable bonds is 5. The van der Waals surface area contributed by atoms with Crippen LogP contribution in [0.2, 0.25) is 0 Å². The maximum absolute atomic E-state index is 8.98. The molecular formula is C17H18N4O2. The Morgan fingerprint density at radius 1 is 1.09 bits per heavy atom. The second-order valence-electron chi connectivity index (χ2n) is 5.77. The van der Waals surface area contributed by atoms with Gasteiger partial charge in [0.25, 0.3) is 5.89 Å². The monoisotopic (exact) mass is 310 g/mol. The van der Waals surface area contributed by atoms with Gasteiger partial charge in [0.15, 0.2) is 0 Å². The number of hydrogen-bond acceptors (Lipinski definition) is 6. The Kier molecular flexibility index (Phi) is 4.43. The Morgan fingerprint density at radius 2 is 1.87 bits per heavy atom. The van der Waals surface area contributed by atoms with E-state index >= 15 is 0 Å². The molecule has 6 nitrogen and oxygen atoms in total. The van der Waals surface area contributed by atoms with Crippen molar-refractivity contribution >= 4 is 0 Å². The van der Waals surface area contributed by atoms with Gasteiger partial charge in [-0.15, -0.1) is 0 Å². The van der Waals surface area contributed by atoms with Gasteiger partial charge < -0.3 is 9.63 Å². The number of aliphatic hydroxyl groups is 1. The fraction of sp³-hybridized carbons (Fsp3) is 0.294. The maximum atomic E-state index is 8.98. The summed E-state index contributed by atoms with van der Waals surface area (Å²) < 4.78 is 5.30. The standard InChI is InChI=1S/C17H18N4O2/c1-11(2)7-12-3-5-13(6-4-12)17-20-16(21-23-17)15-9-18-14(10-22)8-19-15/h3-6,8-9,11,22H,7,10H2,1-2H3. The van der Waals surface area contributed by atoms with Gasteiger partial charge in [0, 0.05) is 5.56 Å². The molecule has 0 saturated carbocycles. The summed E-state index contributed by atoms with van der Waals surface area (Å²) in [7, 11) is 0. The van der Waals surface area contributed by atoms with Crippen LogP contribution in [0.15, 0.2) is 41.2 Å². The predicted molar refractivity (Wildman–Crippen MR) is 85.2 cm³/mol. The highest BCUT2D eigenvalue weighted by atomic mass is 16.5. The first kappa shape index (κ1) is 15.3. The summed E-state index contributed by atoms with van der Waals surface area (Å²) in [5.74, 6) is 1.45. The van der Waals surface area contributed by atoms with Crippen LogP contribution in [0.5, 0.6) is 0 Å². The van der Waals surface area contributed by atoms with E-state index in [1.807, 2.05) is 12.1 Å². The van der Waals surface area contributed by atoms with Crippen molar-refractivity contribution in [1.82, 2.24) is 20.1 Å². The topological polar surface area (TPSA) is 84.9 Å². The minimum Gasteiger partial charge on any atom is -0.390 e. The first-order valence-electron chi connectivity index (χ1n) is 7.51.